The standard InChI is InChI=1S/C17H21ClN2O/c18-13-3-1-2-12(10-13)15-11-16(15)17(21)20-8-6-19(7-9-20)14-4-5-14/h1-3,10,14-16H,4-9,11H2/t15-,16+/m1/s1. The van der Waals surface area contributed by atoms with Crippen LogP contribution in [-0.4, -0.2) is 47.9 Å². The lowest BCUT2D eigenvalue weighted by Crippen LogP contribution is -2.49. The van der Waals surface area contributed by atoms with Crippen LogP contribution in [0.5, 0.6) is 0 Å². The molecule has 0 spiro atoms. The maximum absolute atomic E-state index is 12.6. The van der Waals surface area contributed by atoms with Gasteiger partial charge in [0.05, 0.1) is 0 Å². The van der Waals surface area contributed by atoms with Crippen LogP contribution in [-0.2, 0) is 4.79 Å². The van der Waals surface area contributed by atoms with Crippen LogP contribution in [0.25, 0.3) is 0 Å². The highest BCUT2D eigenvalue weighted by molar-refractivity contribution is 6.30. The van der Waals surface area contributed by atoms with Gasteiger partial charge in [0.15, 0.2) is 0 Å². The smallest absolute Gasteiger partial charge is 0.226 e. The number of halogens is 1. The van der Waals surface area contributed by atoms with Gasteiger partial charge < -0.3 is 4.90 Å². The minimum absolute atomic E-state index is 0.191. The fourth-order valence-electron chi connectivity index (χ4n) is 3.56. The Kier molecular flexibility index (Phi) is 3.43. The SMILES string of the molecule is O=C([C@H]1C[C@@H]1c1cccc(Cl)c1)N1CCN(C2CC2)CC1. The molecule has 1 amide bonds. The molecule has 3 nitrogen and oxygen atoms in total. The number of hydrogen-bond acceptors (Lipinski definition) is 2. The van der Waals surface area contributed by atoms with E-state index in [0.717, 1.165) is 43.7 Å². The van der Waals surface area contributed by atoms with Crippen LogP contribution >= 0.6 is 11.6 Å². The van der Waals surface area contributed by atoms with Gasteiger partial charge in [-0.25, -0.2) is 0 Å². The molecule has 21 heavy (non-hydrogen) atoms. The third kappa shape index (κ3) is 2.82. The van der Waals surface area contributed by atoms with Crippen LogP contribution in [0.15, 0.2) is 24.3 Å². The van der Waals surface area contributed by atoms with E-state index in [1.807, 2.05) is 18.2 Å². The fraction of sp³-hybridized carbons (Fsp3) is 0.588. The zero-order chi connectivity index (χ0) is 14.4. The van der Waals surface area contributed by atoms with Gasteiger partial charge in [-0.1, -0.05) is 23.7 Å². The molecule has 112 valence electrons. The molecule has 3 fully saturated rings. The Hall–Kier alpha value is -1.06. The van der Waals surface area contributed by atoms with Crippen molar-refractivity contribution in [3.63, 3.8) is 0 Å². The van der Waals surface area contributed by atoms with Crippen molar-refractivity contribution in [2.75, 3.05) is 26.2 Å². The van der Waals surface area contributed by atoms with Crippen molar-refractivity contribution in [3.05, 3.63) is 34.9 Å². The monoisotopic (exact) mass is 304 g/mol. The van der Waals surface area contributed by atoms with E-state index in [-0.39, 0.29) is 5.92 Å². The van der Waals surface area contributed by atoms with Gasteiger partial charge in [0.1, 0.15) is 0 Å². The summed E-state index contributed by atoms with van der Waals surface area (Å²) < 4.78 is 0. The van der Waals surface area contributed by atoms with E-state index < -0.39 is 0 Å². The molecule has 0 aromatic heterocycles. The molecule has 2 atom stereocenters. The van der Waals surface area contributed by atoms with Crippen LogP contribution < -0.4 is 0 Å². The largest absolute Gasteiger partial charge is 0.340 e. The third-order valence-corrected chi connectivity index (χ3v) is 5.31. The quantitative estimate of drug-likeness (QED) is 0.857. The maximum atomic E-state index is 12.6. The highest BCUT2D eigenvalue weighted by Crippen LogP contribution is 2.49. The number of piperazine rings is 1. The first-order valence-electron chi connectivity index (χ1n) is 8.00. The fourth-order valence-corrected chi connectivity index (χ4v) is 3.75. The van der Waals surface area contributed by atoms with Crippen LogP contribution in [0.2, 0.25) is 5.02 Å². The van der Waals surface area contributed by atoms with Gasteiger partial charge >= 0.3 is 0 Å². The van der Waals surface area contributed by atoms with E-state index in [0.29, 0.717) is 11.8 Å². The minimum Gasteiger partial charge on any atom is -0.340 e. The number of rotatable bonds is 3. The second kappa shape index (κ2) is 5.29. The van der Waals surface area contributed by atoms with Crippen molar-refractivity contribution < 1.29 is 4.79 Å². The van der Waals surface area contributed by atoms with Crippen LogP contribution in [0.1, 0.15) is 30.7 Å². The number of benzene rings is 1. The van der Waals surface area contributed by atoms with E-state index in [9.17, 15) is 4.79 Å². The van der Waals surface area contributed by atoms with Gasteiger partial charge in [-0.2, -0.15) is 0 Å². The topological polar surface area (TPSA) is 23.6 Å². The lowest BCUT2D eigenvalue weighted by Gasteiger charge is -2.35. The van der Waals surface area contributed by atoms with Gasteiger partial charge in [0.25, 0.3) is 0 Å². The highest BCUT2D eigenvalue weighted by atomic mass is 35.5. The van der Waals surface area contributed by atoms with Crippen molar-refractivity contribution >= 4 is 17.5 Å². The minimum atomic E-state index is 0.191. The Labute approximate surface area is 130 Å². The summed E-state index contributed by atoms with van der Waals surface area (Å²) in [6, 6.07) is 8.79. The zero-order valence-corrected chi connectivity index (χ0v) is 12.9. The van der Waals surface area contributed by atoms with Crippen LogP contribution in [0, 0.1) is 5.92 Å². The summed E-state index contributed by atoms with van der Waals surface area (Å²) in [5.74, 6) is 0.934. The van der Waals surface area contributed by atoms with E-state index >= 15 is 0 Å². The number of carbonyl (C=O) groups excluding carboxylic acids is 1. The van der Waals surface area contributed by atoms with Crippen LogP contribution in [0.3, 0.4) is 0 Å². The summed E-state index contributed by atoms with van der Waals surface area (Å²) in [6.07, 6.45) is 3.70. The average molecular weight is 305 g/mol. The first-order valence-corrected chi connectivity index (χ1v) is 8.38. The molecule has 2 saturated carbocycles. The molecule has 3 aliphatic rings. The van der Waals surface area contributed by atoms with Crippen LogP contribution in [0.4, 0.5) is 0 Å². The summed E-state index contributed by atoms with van der Waals surface area (Å²) >= 11 is 6.04. The maximum Gasteiger partial charge on any atom is 0.226 e. The molecule has 0 bridgehead atoms. The second-order valence-electron chi connectivity index (χ2n) is 6.60. The Balaban J connectivity index is 1.34. The number of nitrogens with zero attached hydrogens (tertiary/aromatic N) is 2. The zero-order valence-electron chi connectivity index (χ0n) is 12.2. The molecule has 0 unspecified atom stereocenters. The number of amides is 1. The van der Waals surface area contributed by atoms with Gasteiger partial charge in [-0.3, -0.25) is 9.69 Å². The molecule has 1 aromatic rings. The van der Waals surface area contributed by atoms with E-state index in [4.69, 9.17) is 11.6 Å². The molecule has 4 heteroatoms. The Morgan fingerprint density at radius 3 is 2.57 bits per heavy atom. The van der Waals surface area contributed by atoms with Gasteiger partial charge in [0.2, 0.25) is 5.91 Å². The molecular weight excluding hydrogens is 284 g/mol. The highest BCUT2D eigenvalue weighted by Gasteiger charge is 2.46. The van der Waals surface area contributed by atoms with Crippen molar-refractivity contribution in [2.45, 2.75) is 31.2 Å². The summed E-state index contributed by atoms with van der Waals surface area (Å²) in [5.41, 5.74) is 1.22. The van der Waals surface area contributed by atoms with Gasteiger partial charge in [-0.15, -0.1) is 0 Å². The van der Waals surface area contributed by atoms with Crippen molar-refractivity contribution in [2.24, 2.45) is 5.92 Å². The van der Waals surface area contributed by atoms with E-state index in [1.54, 1.807) is 0 Å². The predicted octanol–water partition coefficient (Wildman–Crippen LogP) is 2.75. The predicted molar refractivity (Wildman–Crippen MR) is 83.5 cm³/mol. The Bertz CT molecular complexity index is 549. The van der Waals surface area contributed by atoms with Crippen molar-refractivity contribution in [3.8, 4) is 0 Å². The third-order valence-electron chi connectivity index (χ3n) is 5.07. The number of hydrogen-bond donors (Lipinski definition) is 0. The normalized spacial score (nSPS) is 29.5. The van der Waals surface area contributed by atoms with Crippen molar-refractivity contribution in [1.82, 2.24) is 9.80 Å². The molecule has 1 saturated heterocycles. The molecule has 0 radical (unpaired) electrons. The molecule has 4 rings (SSSR count). The lowest BCUT2D eigenvalue weighted by atomic mass is 10.1. The average Bonchev–Trinajstić information content (AvgIpc) is 3.40. The van der Waals surface area contributed by atoms with Gasteiger partial charge in [-0.05, 0) is 42.9 Å². The Morgan fingerprint density at radius 2 is 1.90 bits per heavy atom. The molecular formula is C17H21ClN2O. The number of carbonyl (C=O) groups is 1. The first-order chi connectivity index (χ1) is 10.2. The molecule has 1 aromatic carbocycles. The van der Waals surface area contributed by atoms with E-state index in [1.165, 1.54) is 18.4 Å². The second-order valence-corrected chi connectivity index (χ2v) is 7.03. The molecule has 2 aliphatic carbocycles. The lowest BCUT2D eigenvalue weighted by molar-refractivity contribution is -0.134. The first kappa shape index (κ1) is 13.6. The Morgan fingerprint density at radius 1 is 1.14 bits per heavy atom. The summed E-state index contributed by atoms with van der Waals surface area (Å²) in [7, 11) is 0. The molecule has 1 aliphatic heterocycles. The summed E-state index contributed by atoms with van der Waals surface area (Å²) in [6.45, 7) is 3.94. The van der Waals surface area contributed by atoms with E-state index in [2.05, 4.69) is 15.9 Å². The summed E-state index contributed by atoms with van der Waals surface area (Å²) in [5, 5.41) is 0.767. The van der Waals surface area contributed by atoms with Crippen molar-refractivity contribution in [1.29, 1.82) is 0 Å². The summed E-state index contributed by atoms with van der Waals surface area (Å²) in [4.78, 5) is 17.2. The molecule has 0 N–H and O–H groups in total. The van der Waals surface area contributed by atoms with Gasteiger partial charge in [0, 0.05) is 43.2 Å². The molecule has 1 heterocycles.